The van der Waals surface area contributed by atoms with Gasteiger partial charge in [-0.05, 0) is 6.07 Å². The van der Waals surface area contributed by atoms with E-state index in [0.717, 1.165) is 0 Å². The second-order valence-corrected chi connectivity index (χ2v) is 4.36. The summed E-state index contributed by atoms with van der Waals surface area (Å²) in [5.74, 6) is 0.512. The van der Waals surface area contributed by atoms with Crippen molar-refractivity contribution in [3.05, 3.63) is 22.7 Å². The largest absolute Gasteiger partial charge is 0.393 e. The van der Waals surface area contributed by atoms with Gasteiger partial charge < -0.3 is 20.1 Å². The molecule has 6 nitrogen and oxygen atoms in total. The molecule has 2 atom stereocenters. The van der Waals surface area contributed by atoms with Crippen LogP contribution in [0.25, 0.3) is 0 Å². The van der Waals surface area contributed by atoms with E-state index in [-0.39, 0.29) is 23.1 Å². The first-order valence-corrected chi connectivity index (χ1v) is 5.42. The maximum Gasteiger partial charge on any atom is 0.346 e. The van der Waals surface area contributed by atoms with Crippen LogP contribution in [0, 0.1) is 0 Å². The predicted octanol–water partition coefficient (Wildman–Crippen LogP) is -0.410. The number of thioether (sulfide) groups is 1. The number of aliphatic hydroxyl groups is 1. The Bertz CT molecular complexity index is 383. The molecule has 2 rings (SSSR count). The second kappa shape index (κ2) is 4.65. The van der Waals surface area contributed by atoms with E-state index in [1.54, 1.807) is 6.07 Å². The molecule has 15 heavy (non-hydrogen) atoms. The zero-order valence-electron chi connectivity index (χ0n) is 7.84. The normalized spacial score (nSPS) is 25.4. The summed E-state index contributed by atoms with van der Waals surface area (Å²) in [4.78, 5) is 17.1. The summed E-state index contributed by atoms with van der Waals surface area (Å²) < 4.78 is 5.25. The van der Waals surface area contributed by atoms with Crippen LogP contribution in [0.2, 0.25) is 0 Å². The van der Waals surface area contributed by atoms with Crippen LogP contribution in [-0.4, -0.2) is 39.1 Å². The van der Waals surface area contributed by atoms with E-state index in [2.05, 4.69) is 15.3 Å². The molecule has 1 aromatic heterocycles. The number of H-pyrrole nitrogens is 1. The van der Waals surface area contributed by atoms with Crippen LogP contribution >= 0.6 is 11.8 Å². The molecular formula is C8H11N3O3S. The van der Waals surface area contributed by atoms with Gasteiger partial charge in [0.1, 0.15) is 11.3 Å². The lowest BCUT2D eigenvalue weighted by Crippen LogP contribution is -2.20. The van der Waals surface area contributed by atoms with E-state index in [9.17, 15) is 4.79 Å². The second-order valence-electron chi connectivity index (χ2n) is 2.99. The highest BCUT2D eigenvalue weighted by Gasteiger charge is 2.25. The standard InChI is InChI=1S/C8H11N3O3S/c12-3-7-14-4-6(15-7)10-5-1-2-9-8(13)11-5/h1-2,6-7,12H,3-4H2,(H2,9,10,11,13). The number of rotatable bonds is 3. The van der Waals surface area contributed by atoms with Crippen LogP contribution in [0.4, 0.5) is 5.82 Å². The van der Waals surface area contributed by atoms with Crippen molar-refractivity contribution in [3.63, 3.8) is 0 Å². The smallest absolute Gasteiger partial charge is 0.346 e. The molecule has 3 N–H and O–H groups in total. The number of ether oxygens (including phenoxy) is 1. The van der Waals surface area contributed by atoms with Gasteiger partial charge in [-0.25, -0.2) is 4.79 Å². The summed E-state index contributed by atoms with van der Waals surface area (Å²) in [7, 11) is 0. The lowest BCUT2D eigenvalue weighted by atomic mass is 10.5. The number of hydrogen-bond donors (Lipinski definition) is 3. The van der Waals surface area contributed by atoms with Gasteiger partial charge in [-0.1, -0.05) is 0 Å². The zero-order chi connectivity index (χ0) is 10.7. The lowest BCUT2D eigenvalue weighted by Gasteiger charge is -2.09. The summed E-state index contributed by atoms with van der Waals surface area (Å²) in [6.45, 7) is 0.482. The summed E-state index contributed by atoms with van der Waals surface area (Å²) in [6, 6.07) is 1.67. The Morgan fingerprint density at radius 1 is 1.80 bits per heavy atom. The Kier molecular flexibility index (Phi) is 3.24. The van der Waals surface area contributed by atoms with Gasteiger partial charge in [-0.2, -0.15) is 4.98 Å². The predicted molar refractivity (Wildman–Crippen MR) is 56.7 cm³/mol. The highest BCUT2D eigenvalue weighted by atomic mass is 32.2. The quantitative estimate of drug-likeness (QED) is 0.653. The number of aromatic amines is 1. The van der Waals surface area contributed by atoms with Gasteiger partial charge in [-0.3, -0.25) is 0 Å². The number of nitrogens with one attached hydrogen (secondary N) is 2. The molecule has 2 unspecified atom stereocenters. The zero-order valence-corrected chi connectivity index (χ0v) is 8.66. The summed E-state index contributed by atoms with van der Waals surface area (Å²) in [5.41, 5.74) is -0.577. The molecule has 7 heteroatoms. The van der Waals surface area contributed by atoms with Gasteiger partial charge in [0.2, 0.25) is 0 Å². The van der Waals surface area contributed by atoms with E-state index < -0.39 is 0 Å². The van der Waals surface area contributed by atoms with Crippen molar-refractivity contribution in [3.8, 4) is 0 Å². The fraction of sp³-hybridized carbons (Fsp3) is 0.500. The Balaban J connectivity index is 1.95. The van der Waals surface area contributed by atoms with Crippen molar-refractivity contribution in [2.24, 2.45) is 0 Å². The van der Waals surface area contributed by atoms with Gasteiger partial charge in [0.15, 0.2) is 0 Å². The molecule has 1 aliphatic rings. The van der Waals surface area contributed by atoms with E-state index >= 15 is 0 Å². The van der Waals surface area contributed by atoms with E-state index in [1.165, 1.54) is 18.0 Å². The molecule has 1 aliphatic heterocycles. The number of aromatic nitrogens is 2. The molecule has 0 aromatic carbocycles. The molecule has 0 aliphatic carbocycles. The number of aliphatic hydroxyl groups excluding tert-OH is 1. The summed E-state index contributed by atoms with van der Waals surface area (Å²) >= 11 is 1.48. The van der Waals surface area contributed by atoms with Gasteiger partial charge in [0.25, 0.3) is 0 Å². The third-order valence-corrected chi connectivity index (χ3v) is 3.05. The third-order valence-electron chi connectivity index (χ3n) is 1.88. The van der Waals surface area contributed by atoms with Crippen LogP contribution < -0.4 is 11.0 Å². The van der Waals surface area contributed by atoms with Crippen molar-refractivity contribution in [2.75, 3.05) is 18.5 Å². The first kappa shape index (κ1) is 10.5. The molecule has 0 amide bonds. The lowest BCUT2D eigenvalue weighted by molar-refractivity contribution is 0.0871. The van der Waals surface area contributed by atoms with E-state index in [4.69, 9.17) is 9.84 Å². The molecule has 2 heterocycles. The Morgan fingerprint density at radius 3 is 3.33 bits per heavy atom. The Morgan fingerprint density at radius 2 is 2.67 bits per heavy atom. The first-order valence-electron chi connectivity index (χ1n) is 4.48. The Labute approximate surface area is 90.1 Å². The van der Waals surface area contributed by atoms with Gasteiger partial charge in [0, 0.05) is 6.20 Å². The molecule has 82 valence electrons. The van der Waals surface area contributed by atoms with Crippen molar-refractivity contribution in [2.45, 2.75) is 10.8 Å². The maximum absolute atomic E-state index is 10.9. The minimum absolute atomic E-state index is 0.00829. The van der Waals surface area contributed by atoms with E-state index in [1.807, 2.05) is 0 Å². The topological polar surface area (TPSA) is 87.2 Å². The van der Waals surface area contributed by atoms with E-state index in [0.29, 0.717) is 12.4 Å². The summed E-state index contributed by atoms with van der Waals surface area (Å²) in [5, 5.41) is 11.9. The van der Waals surface area contributed by atoms with Gasteiger partial charge in [-0.15, -0.1) is 11.8 Å². The monoisotopic (exact) mass is 229 g/mol. The van der Waals surface area contributed by atoms with Crippen molar-refractivity contribution in [1.29, 1.82) is 0 Å². The number of nitrogens with zero attached hydrogens (tertiary/aromatic N) is 1. The number of anilines is 1. The molecule has 1 aromatic rings. The van der Waals surface area contributed by atoms with Crippen LogP contribution in [0.3, 0.4) is 0 Å². The molecule has 0 radical (unpaired) electrons. The molecule has 0 spiro atoms. The SMILES string of the molecule is O=c1nc(NC2COC(CO)S2)cc[nH]1. The molecule has 1 saturated heterocycles. The van der Waals surface area contributed by atoms with Crippen LogP contribution in [0.5, 0.6) is 0 Å². The molecule has 0 bridgehead atoms. The Hall–Kier alpha value is -1.05. The number of hydrogen-bond acceptors (Lipinski definition) is 6. The highest BCUT2D eigenvalue weighted by Crippen LogP contribution is 2.27. The molecule has 0 saturated carbocycles. The summed E-state index contributed by atoms with van der Waals surface area (Å²) in [6.07, 6.45) is 1.53. The van der Waals surface area contributed by atoms with Crippen LogP contribution in [0.15, 0.2) is 17.1 Å². The van der Waals surface area contributed by atoms with Crippen LogP contribution in [0.1, 0.15) is 0 Å². The molecule has 1 fully saturated rings. The fourth-order valence-corrected chi connectivity index (χ4v) is 2.20. The average molecular weight is 229 g/mol. The maximum atomic E-state index is 10.9. The fourth-order valence-electron chi connectivity index (χ4n) is 1.24. The highest BCUT2D eigenvalue weighted by molar-refractivity contribution is 8.00. The molecular weight excluding hydrogens is 218 g/mol. The first-order chi connectivity index (χ1) is 7.28. The minimum atomic E-state index is -0.386. The third kappa shape index (κ3) is 2.71. The van der Waals surface area contributed by atoms with Crippen molar-refractivity contribution < 1.29 is 9.84 Å². The minimum Gasteiger partial charge on any atom is -0.393 e. The average Bonchev–Trinajstić information content (AvgIpc) is 2.65. The van der Waals surface area contributed by atoms with Gasteiger partial charge >= 0.3 is 5.69 Å². The van der Waals surface area contributed by atoms with Crippen molar-refractivity contribution >= 4 is 17.6 Å². The van der Waals surface area contributed by atoms with Gasteiger partial charge in [0.05, 0.1) is 18.6 Å². The van der Waals surface area contributed by atoms with Crippen molar-refractivity contribution in [1.82, 2.24) is 9.97 Å². The van der Waals surface area contributed by atoms with Crippen LogP contribution in [-0.2, 0) is 4.74 Å².